The van der Waals surface area contributed by atoms with Gasteiger partial charge in [0, 0.05) is 6.20 Å². The fourth-order valence-corrected chi connectivity index (χ4v) is 3.32. The van der Waals surface area contributed by atoms with Gasteiger partial charge in [-0.1, -0.05) is 11.8 Å². The summed E-state index contributed by atoms with van der Waals surface area (Å²) in [5, 5.41) is -0.368. The fraction of sp³-hybridized carbons (Fsp3) is 0.385. The topological polar surface area (TPSA) is 37.3 Å². The molecule has 0 aromatic carbocycles. The van der Waals surface area contributed by atoms with Crippen molar-refractivity contribution in [2.45, 2.75) is 30.2 Å². The van der Waals surface area contributed by atoms with Crippen LogP contribution in [0.15, 0.2) is 34.1 Å². The van der Waals surface area contributed by atoms with Gasteiger partial charge in [-0.05, 0) is 12.1 Å². The Morgan fingerprint density at radius 3 is 1.87 bits per heavy atom. The Morgan fingerprint density at radius 2 is 1.43 bits per heavy atom. The van der Waals surface area contributed by atoms with Crippen molar-refractivity contribution in [1.82, 2.24) is 4.98 Å². The average Bonchev–Trinajstić information content (AvgIpc) is 2.93. The molecule has 1 aliphatic heterocycles. The highest BCUT2D eigenvalue weighted by atomic mass is 32.2. The molecule has 0 spiro atoms. The molecular weight excluding hydrogens is 477 g/mol. The van der Waals surface area contributed by atoms with E-state index in [4.69, 9.17) is 0 Å². The lowest BCUT2D eigenvalue weighted by atomic mass is 9.97. The van der Waals surface area contributed by atoms with Crippen LogP contribution in [0.4, 0.5) is 62.9 Å². The average molecular weight is 481 g/mol. The van der Waals surface area contributed by atoms with Crippen LogP contribution in [-0.2, 0) is 6.18 Å². The highest BCUT2D eigenvalue weighted by Crippen LogP contribution is 2.59. The van der Waals surface area contributed by atoms with Gasteiger partial charge in [0.1, 0.15) is 5.82 Å². The van der Waals surface area contributed by atoms with Crippen LogP contribution >= 0.6 is 11.8 Å². The van der Waals surface area contributed by atoms with E-state index in [-0.39, 0.29) is 0 Å². The highest BCUT2D eigenvalue weighted by Gasteiger charge is 2.77. The molecule has 17 heteroatoms. The van der Waals surface area contributed by atoms with Crippen LogP contribution in [0, 0.1) is 0 Å². The molecule has 1 N–H and O–H groups in total. The predicted molar refractivity (Wildman–Crippen MR) is 76.9 cm³/mol. The van der Waals surface area contributed by atoms with Crippen LogP contribution in [0.3, 0.4) is 0 Å². The standard InChI is InChI=1S/C13H4F13N3S/c14-5(11(18,19)20)6-9(12(21,22)23,13(24,25)26)29-8(30-6)28-7-4(10(15,16)17)2-1-3-27-7/h1-3H,(H,27,28,29)/b6-5+. The van der Waals surface area contributed by atoms with E-state index in [1.807, 2.05) is 0 Å². The van der Waals surface area contributed by atoms with Crippen LogP contribution in [0.1, 0.15) is 5.56 Å². The molecule has 2 rings (SSSR count). The Kier molecular flexibility index (Phi) is 5.77. The molecule has 30 heavy (non-hydrogen) atoms. The van der Waals surface area contributed by atoms with Crippen molar-refractivity contribution in [2.75, 3.05) is 5.32 Å². The fourth-order valence-electron chi connectivity index (χ4n) is 2.16. The number of aliphatic imine (C=N–C) groups is 1. The maximum atomic E-state index is 13.6. The number of anilines is 1. The minimum absolute atomic E-state index is 0.337. The largest absolute Gasteiger partial charge is 0.443 e. The van der Waals surface area contributed by atoms with Gasteiger partial charge < -0.3 is 5.32 Å². The third kappa shape index (κ3) is 4.15. The summed E-state index contributed by atoms with van der Waals surface area (Å²) in [7, 11) is 0. The van der Waals surface area contributed by atoms with Crippen LogP contribution < -0.4 is 5.32 Å². The van der Waals surface area contributed by atoms with Gasteiger partial charge in [-0.15, -0.1) is 0 Å². The van der Waals surface area contributed by atoms with Gasteiger partial charge in [-0.25, -0.2) is 14.4 Å². The van der Waals surface area contributed by atoms with E-state index in [1.54, 1.807) is 0 Å². The van der Waals surface area contributed by atoms with Crippen molar-refractivity contribution in [1.29, 1.82) is 0 Å². The van der Waals surface area contributed by atoms with E-state index >= 15 is 0 Å². The molecule has 2 heterocycles. The Morgan fingerprint density at radius 1 is 0.900 bits per heavy atom. The minimum atomic E-state index is -6.63. The number of amidine groups is 1. The number of alkyl halides is 12. The SMILES string of the molecule is F/C(=C1/SC(Nc2ncccc2C(F)(F)F)=NC1(C(F)(F)F)C(F)(F)F)C(F)(F)F. The lowest BCUT2D eigenvalue weighted by Gasteiger charge is -2.31. The number of thioether (sulfide) groups is 1. The summed E-state index contributed by atoms with van der Waals surface area (Å²) in [4.78, 5) is 2.25. The summed E-state index contributed by atoms with van der Waals surface area (Å²) < 4.78 is 170. The van der Waals surface area contributed by atoms with Gasteiger partial charge in [0.25, 0.3) is 5.54 Å². The summed E-state index contributed by atoms with van der Waals surface area (Å²) in [6.07, 6.45) is -24.1. The predicted octanol–water partition coefficient (Wildman–Crippen LogP) is 6.22. The van der Waals surface area contributed by atoms with E-state index in [0.717, 1.165) is 6.07 Å². The van der Waals surface area contributed by atoms with Crippen molar-refractivity contribution in [2.24, 2.45) is 4.99 Å². The minimum Gasteiger partial charge on any atom is -0.319 e. The second kappa shape index (κ2) is 7.19. The molecule has 1 aromatic rings. The van der Waals surface area contributed by atoms with E-state index < -0.39 is 69.3 Å². The molecule has 1 aromatic heterocycles. The van der Waals surface area contributed by atoms with Gasteiger partial charge in [0.15, 0.2) is 5.17 Å². The zero-order chi connectivity index (χ0) is 23.3. The number of rotatable bonds is 1. The van der Waals surface area contributed by atoms with Gasteiger partial charge >= 0.3 is 24.7 Å². The van der Waals surface area contributed by atoms with Crippen molar-refractivity contribution in [3.05, 3.63) is 34.6 Å². The first-order chi connectivity index (χ1) is 13.3. The maximum Gasteiger partial charge on any atom is 0.443 e. The molecule has 0 aliphatic carbocycles. The molecule has 1 aliphatic rings. The first-order valence-electron chi connectivity index (χ1n) is 7.00. The molecule has 0 unspecified atom stereocenters. The van der Waals surface area contributed by atoms with E-state index in [2.05, 4.69) is 9.98 Å². The van der Waals surface area contributed by atoms with Gasteiger partial charge in [0.2, 0.25) is 5.83 Å². The van der Waals surface area contributed by atoms with E-state index in [0.29, 0.717) is 12.3 Å². The zero-order valence-corrected chi connectivity index (χ0v) is 14.3. The molecule has 0 bridgehead atoms. The number of halogens is 13. The summed E-state index contributed by atoms with van der Waals surface area (Å²) >= 11 is -1.10. The molecule has 0 radical (unpaired) electrons. The van der Waals surface area contributed by atoms with Crippen LogP contribution in [0.5, 0.6) is 0 Å². The second-order valence-corrected chi connectivity index (χ2v) is 6.39. The molecule has 0 amide bonds. The summed E-state index contributed by atoms with van der Waals surface area (Å²) in [6.45, 7) is 0. The van der Waals surface area contributed by atoms with Crippen molar-refractivity contribution in [3.8, 4) is 0 Å². The summed E-state index contributed by atoms with van der Waals surface area (Å²) in [5.74, 6) is -5.11. The summed E-state index contributed by atoms with van der Waals surface area (Å²) in [5.41, 5.74) is -7.37. The zero-order valence-electron chi connectivity index (χ0n) is 13.4. The smallest absolute Gasteiger partial charge is 0.319 e. The van der Waals surface area contributed by atoms with Crippen LogP contribution in [-0.4, -0.2) is 34.2 Å². The van der Waals surface area contributed by atoms with E-state index in [1.165, 1.54) is 5.32 Å². The van der Waals surface area contributed by atoms with Crippen molar-refractivity contribution >= 4 is 22.7 Å². The monoisotopic (exact) mass is 481 g/mol. The first kappa shape index (κ1) is 24.1. The van der Waals surface area contributed by atoms with Gasteiger partial charge in [0.05, 0.1) is 10.5 Å². The number of hydrogen-bond donors (Lipinski definition) is 1. The first-order valence-corrected chi connectivity index (χ1v) is 7.82. The van der Waals surface area contributed by atoms with Gasteiger partial charge in [-0.3, -0.25) is 0 Å². The van der Waals surface area contributed by atoms with Gasteiger partial charge in [-0.2, -0.15) is 52.7 Å². The molecule has 0 saturated heterocycles. The van der Waals surface area contributed by atoms with Crippen molar-refractivity contribution in [3.63, 3.8) is 0 Å². The Labute approximate surface area is 161 Å². The van der Waals surface area contributed by atoms with Crippen LogP contribution in [0.2, 0.25) is 0 Å². The lowest BCUT2D eigenvalue weighted by Crippen LogP contribution is -2.55. The number of hydrogen-bond acceptors (Lipinski definition) is 4. The summed E-state index contributed by atoms with van der Waals surface area (Å²) in [6, 6.07) is 1.06. The second-order valence-electron chi connectivity index (χ2n) is 5.39. The number of nitrogens with zero attached hydrogens (tertiary/aromatic N) is 2. The number of pyridine rings is 1. The number of allylic oxidation sites excluding steroid dienone is 1. The molecule has 168 valence electrons. The molecular formula is C13H4F13N3S. The van der Waals surface area contributed by atoms with Crippen molar-refractivity contribution < 1.29 is 57.1 Å². The maximum absolute atomic E-state index is 13.6. The number of aromatic nitrogens is 1. The number of nitrogens with one attached hydrogen (secondary N) is 1. The lowest BCUT2D eigenvalue weighted by molar-refractivity contribution is -0.280. The Balaban J connectivity index is 2.72. The molecule has 0 saturated carbocycles. The molecule has 0 atom stereocenters. The highest BCUT2D eigenvalue weighted by molar-refractivity contribution is 8.17. The third-order valence-corrected chi connectivity index (χ3v) is 4.47. The molecule has 0 fully saturated rings. The molecule has 3 nitrogen and oxygen atoms in total. The Hall–Kier alpha value is -2.20. The Bertz CT molecular complexity index is 862. The van der Waals surface area contributed by atoms with E-state index in [9.17, 15) is 57.1 Å². The normalized spacial score (nSPS) is 19.6. The quantitative estimate of drug-likeness (QED) is 0.484. The third-order valence-electron chi connectivity index (χ3n) is 3.40. The van der Waals surface area contributed by atoms with Crippen LogP contribution in [0.25, 0.3) is 0 Å².